The zero-order chi connectivity index (χ0) is 14.5. The van der Waals surface area contributed by atoms with Crippen LogP contribution in [0.4, 0.5) is 0 Å². The highest BCUT2D eigenvalue weighted by molar-refractivity contribution is 5.66. The van der Waals surface area contributed by atoms with Crippen LogP contribution in [0, 0.1) is 0 Å². The van der Waals surface area contributed by atoms with E-state index in [9.17, 15) is 4.79 Å². The quantitative estimate of drug-likeness (QED) is 0.867. The van der Waals surface area contributed by atoms with Gasteiger partial charge in [0.2, 0.25) is 0 Å². The summed E-state index contributed by atoms with van der Waals surface area (Å²) in [5.41, 5.74) is 0.973. The third-order valence-corrected chi connectivity index (χ3v) is 2.92. The van der Waals surface area contributed by atoms with E-state index < -0.39 is 5.97 Å². The molecule has 1 aromatic carbocycles. The molecule has 0 bridgehead atoms. The smallest absolute Gasteiger partial charge is 0.323 e. The summed E-state index contributed by atoms with van der Waals surface area (Å²) in [6.45, 7) is -0.0946. The standard InChI is InChI=1S/C14H16N2O4/c1-19-11-4-3-10(7-12(11)20-2)8-13-15-5-6-16(13)9-14(17)18/h3-7H,8-9H2,1-2H3,(H,17,18). The van der Waals surface area contributed by atoms with Crippen molar-refractivity contribution in [1.82, 2.24) is 9.55 Å². The molecular weight excluding hydrogens is 260 g/mol. The maximum absolute atomic E-state index is 10.8. The highest BCUT2D eigenvalue weighted by Gasteiger charge is 2.10. The molecule has 0 unspecified atom stereocenters. The van der Waals surface area contributed by atoms with Crippen LogP contribution >= 0.6 is 0 Å². The fourth-order valence-electron chi connectivity index (χ4n) is 1.97. The van der Waals surface area contributed by atoms with Gasteiger partial charge in [0.15, 0.2) is 11.5 Å². The number of hydrogen-bond donors (Lipinski definition) is 1. The van der Waals surface area contributed by atoms with Crippen LogP contribution in [0.1, 0.15) is 11.4 Å². The maximum Gasteiger partial charge on any atom is 0.323 e. The maximum atomic E-state index is 10.8. The van der Waals surface area contributed by atoms with E-state index in [0.29, 0.717) is 23.7 Å². The first-order valence-electron chi connectivity index (χ1n) is 6.06. The van der Waals surface area contributed by atoms with Gasteiger partial charge < -0.3 is 19.1 Å². The molecule has 1 aromatic heterocycles. The van der Waals surface area contributed by atoms with E-state index in [1.165, 1.54) is 0 Å². The number of carboxylic acid groups (broad SMARTS) is 1. The van der Waals surface area contributed by atoms with Gasteiger partial charge >= 0.3 is 5.97 Å². The van der Waals surface area contributed by atoms with Crippen molar-refractivity contribution in [3.8, 4) is 11.5 Å². The minimum Gasteiger partial charge on any atom is -0.493 e. The van der Waals surface area contributed by atoms with Crippen LogP contribution in [-0.4, -0.2) is 34.8 Å². The van der Waals surface area contributed by atoms with Crippen LogP contribution in [0.5, 0.6) is 11.5 Å². The summed E-state index contributed by atoms with van der Waals surface area (Å²) in [7, 11) is 3.16. The summed E-state index contributed by atoms with van der Waals surface area (Å²) in [5.74, 6) is 1.10. The molecule has 0 atom stereocenters. The lowest BCUT2D eigenvalue weighted by atomic mass is 10.1. The fourth-order valence-corrected chi connectivity index (χ4v) is 1.97. The first-order valence-corrected chi connectivity index (χ1v) is 6.06. The zero-order valence-corrected chi connectivity index (χ0v) is 11.4. The lowest BCUT2D eigenvalue weighted by molar-refractivity contribution is -0.137. The lowest BCUT2D eigenvalue weighted by Gasteiger charge is -2.10. The molecule has 20 heavy (non-hydrogen) atoms. The average molecular weight is 276 g/mol. The molecule has 0 fully saturated rings. The van der Waals surface area contributed by atoms with Gasteiger partial charge in [-0.2, -0.15) is 0 Å². The SMILES string of the molecule is COc1ccc(Cc2nccn2CC(=O)O)cc1OC. The summed E-state index contributed by atoms with van der Waals surface area (Å²) in [6.07, 6.45) is 3.78. The number of aliphatic carboxylic acids is 1. The second kappa shape index (κ2) is 6.10. The van der Waals surface area contributed by atoms with Crippen molar-refractivity contribution in [1.29, 1.82) is 0 Å². The van der Waals surface area contributed by atoms with E-state index in [1.54, 1.807) is 31.2 Å². The van der Waals surface area contributed by atoms with Crippen molar-refractivity contribution >= 4 is 5.97 Å². The minimum absolute atomic E-state index is 0.0946. The van der Waals surface area contributed by atoms with Gasteiger partial charge in [-0.15, -0.1) is 0 Å². The van der Waals surface area contributed by atoms with E-state index in [-0.39, 0.29) is 6.54 Å². The van der Waals surface area contributed by atoms with Crippen LogP contribution in [-0.2, 0) is 17.8 Å². The molecule has 0 aliphatic carbocycles. The number of hydrogen-bond acceptors (Lipinski definition) is 4. The van der Waals surface area contributed by atoms with E-state index in [4.69, 9.17) is 14.6 Å². The molecule has 6 heteroatoms. The van der Waals surface area contributed by atoms with Crippen LogP contribution in [0.15, 0.2) is 30.6 Å². The Morgan fingerprint density at radius 2 is 2.05 bits per heavy atom. The van der Waals surface area contributed by atoms with E-state index in [0.717, 1.165) is 5.56 Å². The summed E-state index contributed by atoms with van der Waals surface area (Å²) in [6, 6.07) is 5.58. The van der Waals surface area contributed by atoms with E-state index in [1.807, 2.05) is 18.2 Å². The molecule has 1 N–H and O–H groups in total. The number of carbonyl (C=O) groups is 1. The van der Waals surface area contributed by atoms with Gasteiger partial charge in [0.05, 0.1) is 14.2 Å². The van der Waals surface area contributed by atoms with E-state index in [2.05, 4.69) is 4.98 Å². The van der Waals surface area contributed by atoms with Crippen molar-refractivity contribution in [2.45, 2.75) is 13.0 Å². The van der Waals surface area contributed by atoms with Crippen LogP contribution in [0.3, 0.4) is 0 Å². The van der Waals surface area contributed by atoms with Gasteiger partial charge in [0, 0.05) is 18.8 Å². The number of aromatic nitrogens is 2. The van der Waals surface area contributed by atoms with E-state index >= 15 is 0 Å². The Morgan fingerprint density at radius 3 is 2.70 bits per heavy atom. The molecule has 1 heterocycles. The normalized spacial score (nSPS) is 10.3. The average Bonchev–Trinajstić information content (AvgIpc) is 2.85. The second-order valence-corrected chi connectivity index (χ2v) is 4.23. The Bertz CT molecular complexity index is 607. The molecule has 0 aliphatic heterocycles. The van der Waals surface area contributed by atoms with Crippen molar-refractivity contribution in [3.63, 3.8) is 0 Å². The summed E-state index contributed by atoms with van der Waals surface area (Å²) >= 11 is 0. The molecule has 0 radical (unpaired) electrons. The highest BCUT2D eigenvalue weighted by Crippen LogP contribution is 2.28. The lowest BCUT2D eigenvalue weighted by Crippen LogP contribution is -2.11. The number of rotatable bonds is 6. The molecule has 6 nitrogen and oxygen atoms in total. The molecule has 0 saturated carbocycles. The second-order valence-electron chi connectivity index (χ2n) is 4.23. The molecule has 2 rings (SSSR count). The van der Waals surface area contributed by atoms with Crippen molar-refractivity contribution in [2.24, 2.45) is 0 Å². The number of carboxylic acids is 1. The Hall–Kier alpha value is -2.50. The third-order valence-electron chi connectivity index (χ3n) is 2.92. The first-order chi connectivity index (χ1) is 9.63. The molecule has 0 aliphatic rings. The number of methoxy groups -OCH3 is 2. The van der Waals surface area contributed by atoms with Crippen LogP contribution < -0.4 is 9.47 Å². The Balaban J connectivity index is 2.22. The summed E-state index contributed by atoms with van der Waals surface area (Å²) in [4.78, 5) is 15.0. The Labute approximate surface area is 116 Å². The molecule has 0 amide bonds. The zero-order valence-electron chi connectivity index (χ0n) is 11.4. The number of ether oxygens (including phenoxy) is 2. The van der Waals surface area contributed by atoms with Crippen molar-refractivity contribution in [2.75, 3.05) is 14.2 Å². The third kappa shape index (κ3) is 3.09. The predicted molar refractivity (Wildman–Crippen MR) is 72.2 cm³/mol. The number of imidazole rings is 1. The van der Waals surface area contributed by atoms with Crippen LogP contribution in [0.25, 0.3) is 0 Å². The van der Waals surface area contributed by atoms with Gasteiger partial charge in [-0.05, 0) is 17.7 Å². The number of benzene rings is 1. The van der Waals surface area contributed by atoms with Gasteiger partial charge in [-0.25, -0.2) is 4.98 Å². The fraction of sp³-hybridized carbons (Fsp3) is 0.286. The molecule has 106 valence electrons. The molecule has 0 spiro atoms. The summed E-state index contributed by atoms with van der Waals surface area (Å²) < 4.78 is 12.0. The van der Waals surface area contributed by atoms with Crippen molar-refractivity contribution < 1.29 is 19.4 Å². The number of nitrogens with zero attached hydrogens (tertiary/aromatic N) is 2. The Kier molecular flexibility index (Phi) is 4.24. The van der Waals surface area contributed by atoms with Gasteiger partial charge in [-0.1, -0.05) is 6.07 Å². The Morgan fingerprint density at radius 1 is 1.30 bits per heavy atom. The highest BCUT2D eigenvalue weighted by atomic mass is 16.5. The largest absolute Gasteiger partial charge is 0.493 e. The van der Waals surface area contributed by atoms with Gasteiger partial charge in [0.25, 0.3) is 0 Å². The minimum atomic E-state index is -0.892. The van der Waals surface area contributed by atoms with Gasteiger partial charge in [0.1, 0.15) is 12.4 Å². The molecule has 0 saturated heterocycles. The van der Waals surface area contributed by atoms with Crippen molar-refractivity contribution in [3.05, 3.63) is 42.0 Å². The van der Waals surface area contributed by atoms with Gasteiger partial charge in [-0.3, -0.25) is 4.79 Å². The molecular formula is C14H16N2O4. The predicted octanol–water partition coefficient (Wildman–Crippen LogP) is 1.58. The first kappa shape index (κ1) is 13.9. The van der Waals surface area contributed by atoms with Crippen LogP contribution in [0.2, 0.25) is 0 Å². The molecule has 2 aromatic rings. The monoisotopic (exact) mass is 276 g/mol. The topological polar surface area (TPSA) is 73.6 Å². The summed E-state index contributed by atoms with van der Waals surface area (Å²) in [5, 5.41) is 8.84.